The van der Waals surface area contributed by atoms with Crippen molar-refractivity contribution in [1.82, 2.24) is 10.3 Å². The van der Waals surface area contributed by atoms with E-state index in [1.54, 1.807) is 35.6 Å². The molecular formula is C20H25N3O3S. The summed E-state index contributed by atoms with van der Waals surface area (Å²) in [7, 11) is 0. The largest absolute Gasteiger partial charge is 0.494 e. The SMILES string of the molecule is CCOc1ccc(C(=O)NCC(=O)Nc2nc3c(s2)CCCCCC3)cc1. The van der Waals surface area contributed by atoms with Gasteiger partial charge in [0.25, 0.3) is 5.91 Å². The maximum Gasteiger partial charge on any atom is 0.251 e. The quantitative estimate of drug-likeness (QED) is 0.794. The Morgan fingerprint density at radius 2 is 1.85 bits per heavy atom. The van der Waals surface area contributed by atoms with Crippen LogP contribution in [0.1, 0.15) is 53.5 Å². The lowest BCUT2D eigenvalue weighted by atomic mass is 10.0. The van der Waals surface area contributed by atoms with Gasteiger partial charge in [0.15, 0.2) is 5.13 Å². The first-order chi connectivity index (χ1) is 13.2. The highest BCUT2D eigenvalue weighted by molar-refractivity contribution is 7.15. The minimum atomic E-state index is -0.292. The Kier molecular flexibility index (Phi) is 6.81. The van der Waals surface area contributed by atoms with Crippen molar-refractivity contribution in [1.29, 1.82) is 0 Å². The Morgan fingerprint density at radius 1 is 1.11 bits per heavy atom. The number of fused-ring (bicyclic) bond motifs is 1. The van der Waals surface area contributed by atoms with Gasteiger partial charge in [-0.25, -0.2) is 4.98 Å². The molecule has 0 spiro atoms. The van der Waals surface area contributed by atoms with Crippen molar-refractivity contribution in [3.05, 3.63) is 40.4 Å². The predicted octanol–water partition coefficient (Wildman–Crippen LogP) is 3.57. The molecule has 0 saturated carbocycles. The van der Waals surface area contributed by atoms with Crippen LogP contribution in [0.2, 0.25) is 0 Å². The summed E-state index contributed by atoms with van der Waals surface area (Å²) in [4.78, 5) is 30.2. The highest BCUT2D eigenvalue weighted by Gasteiger charge is 2.15. The van der Waals surface area contributed by atoms with Gasteiger partial charge in [0.05, 0.1) is 18.8 Å². The number of benzene rings is 1. The van der Waals surface area contributed by atoms with Crippen LogP contribution in [0.5, 0.6) is 5.75 Å². The first kappa shape index (κ1) is 19.4. The van der Waals surface area contributed by atoms with E-state index in [4.69, 9.17) is 4.74 Å². The fourth-order valence-corrected chi connectivity index (χ4v) is 4.12. The molecule has 0 saturated heterocycles. The van der Waals surface area contributed by atoms with Crippen LogP contribution in [0.3, 0.4) is 0 Å². The molecule has 1 aliphatic carbocycles. The zero-order chi connectivity index (χ0) is 19.1. The molecule has 0 fully saturated rings. The van der Waals surface area contributed by atoms with Crippen LogP contribution in [0.25, 0.3) is 0 Å². The molecule has 1 heterocycles. The van der Waals surface area contributed by atoms with Gasteiger partial charge in [-0.2, -0.15) is 0 Å². The number of nitrogens with one attached hydrogen (secondary N) is 2. The maximum atomic E-state index is 12.2. The van der Waals surface area contributed by atoms with Gasteiger partial charge >= 0.3 is 0 Å². The molecule has 27 heavy (non-hydrogen) atoms. The molecule has 0 unspecified atom stereocenters. The Balaban J connectivity index is 1.50. The van der Waals surface area contributed by atoms with Gasteiger partial charge in [-0.1, -0.05) is 12.8 Å². The third-order valence-electron chi connectivity index (χ3n) is 4.43. The van der Waals surface area contributed by atoms with Crippen molar-refractivity contribution in [3.63, 3.8) is 0 Å². The van der Waals surface area contributed by atoms with E-state index in [-0.39, 0.29) is 18.4 Å². The Hall–Kier alpha value is -2.41. The van der Waals surface area contributed by atoms with Gasteiger partial charge in [0.1, 0.15) is 5.75 Å². The van der Waals surface area contributed by atoms with Crippen LogP contribution < -0.4 is 15.4 Å². The molecular weight excluding hydrogens is 362 g/mol. The maximum absolute atomic E-state index is 12.2. The summed E-state index contributed by atoms with van der Waals surface area (Å²) in [5.41, 5.74) is 1.61. The number of aryl methyl sites for hydroxylation is 2. The Labute approximate surface area is 163 Å². The number of ether oxygens (including phenoxy) is 1. The zero-order valence-electron chi connectivity index (χ0n) is 15.5. The number of hydrogen-bond acceptors (Lipinski definition) is 5. The number of carbonyl (C=O) groups excluding carboxylic acids is 2. The smallest absolute Gasteiger partial charge is 0.251 e. The molecule has 0 bridgehead atoms. The van der Waals surface area contributed by atoms with Gasteiger partial charge in [-0.15, -0.1) is 11.3 Å². The number of thiazole rings is 1. The molecule has 0 atom stereocenters. The van der Waals surface area contributed by atoms with Gasteiger partial charge in [-0.05, 0) is 56.9 Å². The topological polar surface area (TPSA) is 80.3 Å². The summed E-state index contributed by atoms with van der Waals surface area (Å²) >= 11 is 1.55. The van der Waals surface area contributed by atoms with Crippen molar-refractivity contribution < 1.29 is 14.3 Å². The van der Waals surface area contributed by atoms with Crippen LogP contribution in [-0.2, 0) is 17.6 Å². The number of anilines is 1. The summed E-state index contributed by atoms with van der Waals surface area (Å²) in [5.74, 6) is 0.154. The number of nitrogens with zero attached hydrogens (tertiary/aromatic N) is 1. The Bertz CT molecular complexity index is 761. The third-order valence-corrected chi connectivity index (χ3v) is 5.50. The van der Waals surface area contributed by atoms with Gasteiger partial charge in [0, 0.05) is 10.4 Å². The molecule has 6 nitrogen and oxygen atoms in total. The average Bonchev–Trinajstić information content (AvgIpc) is 3.01. The van der Waals surface area contributed by atoms with E-state index >= 15 is 0 Å². The van der Waals surface area contributed by atoms with Crippen LogP contribution in [0, 0.1) is 0 Å². The van der Waals surface area contributed by atoms with Crippen LogP contribution in [0.4, 0.5) is 5.13 Å². The molecule has 1 aliphatic rings. The van der Waals surface area contributed by atoms with Crippen molar-refractivity contribution in [2.45, 2.75) is 45.4 Å². The van der Waals surface area contributed by atoms with E-state index in [9.17, 15) is 9.59 Å². The lowest BCUT2D eigenvalue weighted by Crippen LogP contribution is -2.32. The molecule has 7 heteroatoms. The van der Waals surface area contributed by atoms with Crippen LogP contribution in [0.15, 0.2) is 24.3 Å². The number of rotatable bonds is 6. The fraction of sp³-hybridized carbons (Fsp3) is 0.450. The summed E-state index contributed by atoms with van der Waals surface area (Å²) in [5, 5.41) is 6.07. The van der Waals surface area contributed by atoms with Crippen molar-refractivity contribution in [2.24, 2.45) is 0 Å². The van der Waals surface area contributed by atoms with Crippen LogP contribution >= 0.6 is 11.3 Å². The summed E-state index contributed by atoms with van der Waals surface area (Å²) in [6.45, 7) is 2.39. The highest BCUT2D eigenvalue weighted by Crippen LogP contribution is 2.28. The number of aromatic nitrogens is 1. The lowest BCUT2D eigenvalue weighted by Gasteiger charge is -2.06. The lowest BCUT2D eigenvalue weighted by molar-refractivity contribution is -0.115. The molecule has 144 valence electrons. The van der Waals surface area contributed by atoms with Crippen LogP contribution in [-0.4, -0.2) is 29.9 Å². The molecule has 0 radical (unpaired) electrons. The molecule has 2 N–H and O–H groups in total. The van der Waals surface area contributed by atoms with E-state index in [0.717, 1.165) is 25.0 Å². The molecule has 0 aliphatic heterocycles. The summed E-state index contributed by atoms with van der Waals surface area (Å²) < 4.78 is 5.35. The average molecular weight is 388 g/mol. The van der Waals surface area contributed by atoms with E-state index < -0.39 is 0 Å². The van der Waals surface area contributed by atoms with Crippen molar-refractivity contribution in [3.8, 4) is 5.75 Å². The first-order valence-electron chi connectivity index (χ1n) is 9.45. The molecule has 3 rings (SSSR count). The fourth-order valence-electron chi connectivity index (χ4n) is 3.05. The van der Waals surface area contributed by atoms with Crippen molar-refractivity contribution in [2.75, 3.05) is 18.5 Å². The third kappa shape index (κ3) is 5.53. The number of hydrogen-bond donors (Lipinski definition) is 2. The second kappa shape index (κ2) is 9.50. The summed E-state index contributed by atoms with van der Waals surface area (Å²) in [6, 6.07) is 6.84. The van der Waals surface area contributed by atoms with E-state index in [0.29, 0.717) is 23.1 Å². The summed E-state index contributed by atoms with van der Waals surface area (Å²) in [6.07, 6.45) is 6.86. The van der Waals surface area contributed by atoms with E-state index in [1.165, 1.54) is 24.1 Å². The van der Waals surface area contributed by atoms with Crippen molar-refractivity contribution >= 4 is 28.3 Å². The molecule has 2 amide bonds. The van der Waals surface area contributed by atoms with Gasteiger partial charge in [0.2, 0.25) is 5.91 Å². The molecule has 1 aromatic carbocycles. The monoisotopic (exact) mass is 387 g/mol. The predicted molar refractivity (Wildman–Crippen MR) is 107 cm³/mol. The second-order valence-electron chi connectivity index (χ2n) is 6.49. The van der Waals surface area contributed by atoms with E-state index in [1.807, 2.05) is 6.92 Å². The van der Waals surface area contributed by atoms with Gasteiger partial charge < -0.3 is 15.4 Å². The standard InChI is InChI=1S/C20H25N3O3S/c1-2-26-15-11-9-14(10-12-15)19(25)21-13-18(24)23-20-22-16-7-5-3-4-6-8-17(16)27-20/h9-12H,2-8,13H2,1H3,(H,21,25)(H,22,23,24). The second-order valence-corrected chi connectivity index (χ2v) is 7.57. The Morgan fingerprint density at radius 3 is 2.59 bits per heavy atom. The van der Waals surface area contributed by atoms with E-state index in [2.05, 4.69) is 15.6 Å². The molecule has 2 aromatic rings. The minimum Gasteiger partial charge on any atom is -0.494 e. The number of carbonyl (C=O) groups is 2. The normalized spacial score (nSPS) is 13.8. The minimum absolute atomic E-state index is 0.0870. The van der Waals surface area contributed by atoms with Gasteiger partial charge in [-0.3, -0.25) is 9.59 Å². The highest BCUT2D eigenvalue weighted by atomic mass is 32.1. The first-order valence-corrected chi connectivity index (χ1v) is 10.3. The molecule has 1 aromatic heterocycles. The number of amides is 2. The zero-order valence-corrected chi connectivity index (χ0v) is 16.4.